The molecule has 0 spiro atoms. The molecular weight excluding hydrogens is 217 g/mol. The number of halogens is 2. The summed E-state index contributed by atoms with van der Waals surface area (Å²) in [5.41, 5.74) is 6.53. The highest BCUT2D eigenvalue weighted by molar-refractivity contribution is 6.30. The number of anilines is 1. The van der Waals surface area contributed by atoms with Gasteiger partial charge in [-0.1, -0.05) is 23.7 Å². The van der Waals surface area contributed by atoms with Gasteiger partial charge in [-0.05, 0) is 12.1 Å². The van der Waals surface area contributed by atoms with E-state index >= 15 is 0 Å². The van der Waals surface area contributed by atoms with Gasteiger partial charge < -0.3 is 5.73 Å². The second kappa shape index (κ2) is 3.82. The first-order chi connectivity index (χ1) is 7.15. The molecule has 0 unspecified atom stereocenters. The van der Waals surface area contributed by atoms with Gasteiger partial charge >= 0.3 is 6.08 Å². The number of rotatable bonds is 1. The second-order valence-corrected chi connectivity index (χ2v) is 3.39. The summed E-state index contributed by atoms with van der Waals surface area (Å²) in [4.78, 5) is 6.98. The Morgan fingerprint density at radius 2 is 2.00 bits per heavy atom. The summed E-state index contributed by atoms with van der Waals surface area (Å²) in [5.74, 6) is 0.0949. The molecule has 0 aliphatic carbocycles. The molecule has 3 nitrogen and oxygen atoms in total. The molecule has 0 saturated heterocycles. The van der Waals surface area contributed by atoms with E-state index in [9.17, 15) is 4.39 Å². The third kappa shape index (κ3) is 2.22. The van der Waals surface area contributed by atoms with Gasteiger partial charge in [-0.25, -0.2) is 4.98 Å². The Morgan fingerprint density at radius 1 is 1.20 bits per heavy atom. The summed E-state index contributed by atoms with van der Waals surface area (Å²) in [6.45, 7) is 0. The van der Waals surface area contributed by atoms with Crippen molar-refractivity contribution in [1.29, 1.82) is 0 Å². The normalized spacial score (nSPS) is 10.3. The first-order valence-electron chi connectivity index (χ1n) is 4.21. The van der Waals surface area contributed by atoms with Crippen LogP contribution in [0.15, 0.2) is 30.3 Å². The molecule has 0 radical (unpaired) electrons. The van der Waals surface area contributed by atoms with Gasteiger partial charge in [0.1, 0.15) is 5.82 Å². The van der Waals surface area contributed by atoms with Crippen LogP contribution in [0, 0.1) is 6.08 Å². The summed E-state index contributed by atoms with van der Waals surface area (Å²) in [5, 5.41) is 0.560. The van der Waals surface area contributed by atoms with Crippen molar-refractivity contribution in [3.63, 3.8) is 0 Å². The smallest absolute Gasteiger partial charge is 0.311 e. The highest BCUT2D eigenvalue weighted by Gasteiger charge is 2.04. The number of hydrogen-bond acceptors (Lipinski definition) is 3. The summed E-state index contributed by atoms with van der Waals surface area (Å²) in [6, 6.07) is 8.43. The lowest BCUT2D eigenvalue weighted by atomic mass is 10.1. The number of hydrogen-bond donors (Lipinski definition) is 1. The molecule has 15 heavy (non-hydrogen) atoms. The highest BCUT2D eigenvalue weighted by Crippen LogP contribution is 2.21. The van der Waals surface area contributed by atoms with E-state index in [4.69, 9.17) is 17.3 Å². The minimum Gasteiger partial charge on any atom is -0.383 e. The minimum absolute atomic E-state index is 0.0949. The number of nitrogens with two attached hydrogens (primary N) is 1. The molecule has 0 atom stereocenters. The molecule has 0 aliphatic rings. The Labute approximate surface area is 90.7 Å². The SMILES string of the molecule is Nc1cc(-c2cccc(Cl)c2)nc(F)n1. The molecule has 1 heterocycles. The van der Waals surface area contributed by atoms with Crippen LogP contribution < -0.4 is 5.73 Å². The van der Waals surface area contributed by atoms with Crippen LogP contribution in [0.25, 0.3) is 11.3 Å². The predicted molar refractivity (Wildman–Crippen MR) is 56.8 cm³/mol. The van der Waals surface area contributed by atoms with Gasteiger partial charge in [-0.2, -0.15) is 9.37 Å². The molecule has 5 heteroatoms. The van der Waals surface area contributed by atoms with Gasteiger partial charge in [-0.15, -0.1) is 0 Å². The quantitative estimate of drug-likeness (QED) is 0.756. The van der Waals surface area contributed by atoms with Crippen LogP contribution in [0.4, 0.5) is 10.2 Å². The molecule has 1 aromatic carbocycles. The fourth-order valence-corrected chi connectivity index (χ4v) is 1.42. The van der Waals surface area contributed by atoms with Crippen LogP contribution in [-0.2, 0) is 0 Å². The van der Waals surface area contributed by atoms with Gasteiger partial charge in [0.15, 0.2) is 0 Å². The van der Waals surface area contributed by atoms with E-state index in [2.05, 4.69) is 9.97 Å². The van der Waals surface area contributed by atoms with E-state index in [0.29, 0.717) is 16.3 Å². The Balaban J connectivity index is 2.54. The van der Waals surface area contributed by atoms with Crippen LogP contribution in [0.1, 0.15) is 0 Å². The van der Waals surface area contributed by atoms with E-state index in [-0.39, 0.29) is 5.82 Å². The van der Waals surface area contributed by atoms with Crippen molar-refractivity contribution < 1.29 is 4.39 Å². The molecule has 0 bridgehead atoms. The zero-order chi connectivity index (χ0) is 10.8. The number of nitrogen functional groups attached to an aromatic ring is 1. The topological polar surface area (TPSA) is 51.8 Å². The third-order valence-electron chi connectivity index (χ3n) is 1.84. The molecule has 0 fully saturated rings. The maximum absolute atomic E-state index is 12.9. The monoisotopic (exact) mass is 223 g/mol. The van der Waals surface area contributed by atoms with Gasteiger partial charge in [0, 0.05) is 16.7 Å². The van der Waals surface area contributed by atoms with Crippen molar-refractivity contribution in [3.8, 4) is 11.3 Å². The number of benzene rings is 1. The Kier molecular flexibility index (Phi) is 2.51. The standard InChI is InChI=1S/C10H7ClFN3/c11-7-3-1-2-6(4-7)8-5-9(13)15-10(12)14-8/h1-5H,(H2,13,14,15). The first kappa shape index (κ1) is 9.86. The van der Waals surface area contributed by atoms with Gasteiger partial charge in [0.05, 0.1) is 5.69 Å². The van der Waals surface area contributed by atoms with Crippen molar-refractivity contribution in [2.45, 2.75) is 0 Å². The summed E-state index contributed by atoms with van der Waals surface area (Å²) >= 11 is 5.81. The average Bonchev–Trinajstić information content (AvgIpc) is 2.16. The Hall–Kier alpha value is -1.68. The Morgan fingerprint density at radius 3 is 2.67 bits per heavy atom. The van der Waals surface area contributed by atoms with Crippen molar-refractivity contribution in [3.05, 3.63) is 41.4 Å². The zero-order valence-corrected chi connectivity index (χ0v) is 8.37. The number of nitrogens with zero attached hydrogens (tertiary/aromatic N) is 2. The van der Waals surface area contributed by atoms with Crippen LogP contribution in [0.3, 0.4) is 0 Å². The maximum Gasteiger partial charge on any atom is 0.311 e. The minimum atomic E-state index is -0.843. The largest absolute Gasteiger partial charge is 0.383 e. The van der Waals surface area contributed by atoms with Crippen molar-refractivity contribution in [2.24, 2.45) is 0 Å². The lowest BCUT2D eigenvalue weighted by Gasteiger charge is -2.02. The van der Waals surface area contributed by atoms with Gasteiger partial charge in [0.25, 0.3) is 0 Å². The third-order valence-corrected chi connectivity index (χ3v) is 2.07. The van der Waals surface area contributed by atoms with Crippen molar-refractivity contribution in [1.82, 2.24) is 9.97 Å². The second-order valence-electron chi connectivity index (χ2n) is 2.96. The molecule has 0 amide bonds. The molecule has 76 valence electrons. The van der Waals surface area contributed by atoms with E-state index in [0.717, 1.165) is 0 Å². The fraction of sp³-hybridized carbons (Fsp3) is 0. The predicted octanol–water partition coefficient (Wildman–Crippen LogP) is 2.52. The van der Waals surface area contributed by atoms with E-state index in [1.54, 1.807) is 24.3 Å². The lowest BCUT2D eigenvalue weighted by Crippen LogP contribution is -1.97. The molecule has 2 rings (SSSR count). The fourth-order valence-electron chi connectivity index (χ4n) is 1.23. The lowest BCUT2D eigenvalue weighted by molar-refractivity contribution is 0.542. The Bertz CT molecular complexity index is 482. The summed E-state index contributed by atoms with van der Waals surface area (Å²) < 4.78 is 12.9. The van der Waals surface area contributed by atoms with Crippen LogP contribution >= 0.6 is 11.6 Å². The van der Waals surface area contributed by atoms with Gasteiger partial charge in [-0.3, -0.25) is 0 Å². The van der Waals surface area contributed by atoms with Crippen LogP contribution in [0.2, 0.25) is 5.02 Å². The summed E-state index contributed by atoms with van der Waals surface area (Å²) in [7, 11) is 0. The molecule has 1 aromatic heterocycles. The molecular formula is C10H7ClFN3. The molecule has 2 N–H and O–H groups in total. The molecule has 2 aromatic rings. The van der Waals surface area contributed by atoms with E-state index in [1.165, 1.54) is 6.07 Å². The van der Waals surface area contributed by atoms with Crippen molar-refractivity contribution in [2.75, 3.05) is 5.73 Å². The van der Waals surface area contributed by atoms with Crippen LogP contribution in [-0.4, -0.2) is 9.97 Å². The van der Waals surface area contributed by atoms with E-state index < -0.39 is 6.08 Å². The first-order valence-corrected chi connectivity index (χ1v) is 4.59. The summed E-state index contributed by atoms with van der Waals surface area (Å²) in [6.07, 6.45) is -0.843. The molecule has 0 aliphatic heterocycles. The highest BCUT2D eigenvalue weighted by atomic mass is 35.5. The average molecular weight is 224 g/mol. The maximum atomic E-state index is 12.9. The number of aromatic nitrogens is 2. The zero-order valence-electron chi connectivity index (χ0n) is 7.61. The van der Waals surface area contributed by atoms with Crippen LogP contribution in [0.5, 0.6) is 0 Å². The molecule has 0 saturated carbocycles. The van der Waals surface area contributed by atoms with Crippen molar-refractivity contribution >= 4 is 17.4 Å². The van der Waals surface area contributed by atoms with Gasteiger partial charge in [0.2, 0.25) is 0 Å². The van der Waals surface area contributed by atoms with E-state index in [1.807, 2.05) is 0 Å².